The Balaban J connectivity index is 1.91. The molecule has 8 nitrogen and oxygen atoms in total. The van der Waals surface area contributed by atoms with Crippen LogP contribution in [0.4, 0.5) is 0 Å². The van der Waals surface area contributed by atoms with Crippen molar-refractivity contribution >= 4 is 33.5 Å². The van der Waals surface area contributed by atoms with E-state index < -0.39 is 22.0 Å². The number of aliphatic carboxylic acids is 1. The molecule has 1 saturated heterocycles. The zero-order valence-corrected chi connectivity index (χ0v) is 20.8. The second kappa shape index (κ2) is 11.3. The van der Waals surface area contributed by atoms with Crippen molar-refractivity contribution in [3.05, 3.63) is 64.7 Å². The standard InChI is InChI=1S/C24H29ClN2O6S/c1-17(2)15-22(24(29)30)27(34(31,32)21-9-7-20(25)8-10-21)16-18-3-5-19(6-4-18)23(28)26-11-13-33-14-12-26/h3-10,17,22H,11-16H2,1-2H3,(H,29,30)/t22-/m1/s1. The fraction of sp³-hybridized carbons (Fsp3) is 0.417. The highest BCUT2D eigenvalue weighted by Gasteiger charge is 2.36. The van der Waals surface area contributed by atoms with Gasteiger partial charge in [-0.15, -0.1) is 0 Å². The number of hydrogen-bond acceptors (Lipinski definition) is 5. The third-order valence-electron chi connectivity index (χ3n) is 5.59. The van der Waals surface area contributed by atoms with E-state index in [-0.39, 0.29) is 29.7 Å². The van der Waals surface area contributed by atoms with Gasteiger partial charge in [-0.3, -0.25) is 9.59 Å². The van der Waals surface area contributed by atoms with Crippen LogP contribution in [0.5, 0.6) is 0 Å². The molecule has 0 aromatic heterocycles. The van der Waals surface area contributed by atoms with E-state index in [4.69, 9.17) is 16.3 Å². The van der Waals surface area contributed by atoms with Crippen LogP contribution in [0.3, 0.4) is 0 Å². The summed E-state index contributed by atoms with van der Waals surface area (Å²) in [6, 6.07) is 11.0. The molecule has 34 heavy (non-hydrogen) atoms. The maximum atomic E-state index is 13.5. The van der Waals surface area contributed by atoms with Crippen LogP contribution >= 0.6 is 11.6 Å². The van der Waals surface area contributed by atoms with Gasteiger partial charge in [-0.05, 0) is 54.3 Å². The molecule has 0 unspecified atom stereocenters. The number of rotatable bonds is 9. The highest BCUT2D eigenvalue weighted by atomic mass is 35.5. The number of hydrogen-bond donors (Lipinski definition) is 1. The number of halogens is 1. The number of morpholine rings is 1. The SMILES string of the molecule is CC(C)C[C@H](C(=O)O)N(Cc1ccc(C(=O)N2CCOCC2)cc1)S(=O)(=O)c1ccc(Cl)cc1. The van der Waals surface area contributed by atoms with Gasteiger partial charge in [-0.25, -0.2) is 8.42 Å². The van der Waals surface area contributed by atoms with Crippen LogP contribution in [0.2, 0.25) is 5.02 Å². The Morgan fingerprint density at radius 2 is 1.65 bits per heavy atom. The average Bonchev–Trinajstić information content (AvgIpc) is 2.81. The Bertz CT molecular complexity index is 1100. The van der Waals surface area contributed by atoms with Gasteiger partial charge < -0.3 is 14.7 Å². The van der Waals surface area contributed by atoms with Crippen molar-refractivity contribution in [1.29, 1.82) is 0 Å². The molecule has 3 rings (SSSR count). The van der Waals surface area contributed by atoms with E-state index >= 15 is 0 Å². The van der Waals surface area contributed by atoms with Gasteiger partial charge in [0, 0.05) is 30.2 Å². The third kappa shape index (κ3) is 6.35. The van der Waals surface area contributed by atoms with Crippen molar-refractivity contribution in [3.63, 3.8) is 0 Å². The van der Waals surface area contributed by atoms with Crippen LogP contribution in [-0.4, -0.2) is 67.0 Å². The summed E-state index contributed by atoms with van der Waals surface area (Å²) in [4.78, 5) is 26.5. The first kappa shape index (κ1) is 26.2. The molecule has 1 amide bonds. The van der Waals surface area contributed by atoms with Gasteiger partial charge >= 0.3 is 5.97 Å². The van der Waals surface area contributed by atoms with Crippen molar-refractivity contribution < 1.29 is 27.9 Å². The normalized spacial score (nSPS) is 15.5. The zero-order valence-electron chi connectivity index (χ0n) is 19.2. The molecule has 0 saturated carbocycles. The van der Waals surface area contributed by atoms with Gasteiger partial charge in [0.05, 0.1) is 18.1 Å². The number of sulfonamides is 1. The molecule has 0 bridgehead atoms. The largest absolute Gasteiger partial charge is 0.480 e. The maximum Gasteiger partial charge on any atom is 0.322 e. The predicted molar refractivity (Wildman–Crippen MR) is 128 cm³/mol. The van der Waals surface area contributed by atoms with Gasteiger partial charge in [-0.2, -0.15) is 4.31 Å². The topological polar surface area (TPSA) is 104 Å². The fourth-order valence-electron chi connectivity index (χ4n) is 3.77. The molecular weight excluding hydrogens is 480 g/mol. The van der Waals surface area contributed by atoms with Gasteiger partial charge in [0.15, 0.2) is 0 Å². The Kier molecular flexibility index (Phi) is 8.70. The number of carboxylic acid groups (broad SMARTS) is 1. The molecule has 1 N–H and O–H groups in total. The van der Waals surface area contributed by atoms with Gasteiger partial charge in [-0.1, -0.05) is 37.6 Å². The number of carbonyl (C=O) groups excluding carboxylic acids is 1. The Morgan fingerprint density at radius 1 is 1.06 bits per heavy atom. The van der Waals surface area contributed by atoms with E-state index in [0.29, 0.717) is 42.5 Å². The van der Waals surface area contributed by atoms with Crippen molar-refractivity contribution in [2.75, 3.05) is 26.3 Å². The second-order valence-corrected chi connectivity index (χ2v) is 10.9. The van der Waals surface area contributed by atoms with E-state index in [0.717, 1.165) is 4.31 Å². The summed E-state index contributed by atoms with van der Waals surface area (Å²) in [5, 5.41) is 10.3. The van der Waals surface area contributed by atoms with E-state index in [1.54, 1.807) is 29.2 Å². The van der Waals surface area contributed by atoms with Crippen LogP contribution < -0.4 is 0 Å². The molecule has 0 spiro atoms. The summed E-state index contributed by atoms with van der Waals surface area (Å²) in [6.07, 6.45) is 0.149. The zero-order chi connectivity index (χ0) is 24.9. The van der Waals surface area contributed by atoms with Crippen molar-refractivity contribution in [2.45, 2.75) is 37.8 Å². The summed E-state index contributed by atoms with van der Waals surface area (Å²) >= 11 is 5.91. The molecule has 0 aliphatic carbocycles. The molecule has 1 heterocycles. The smallest absolute Gasteiger partial charge is 0.322 e. The Hall–Kier alpha value is -2.46. The van der Waals surface area contributed by atoms with Crippen LogP contribution in [-0.2, 0) is 26.1 Å². The van der Waals surface area contributed by atoms with Crippen LogP contribution in [0, 0.1) is 5.92 Å². The molecule has 1 atom stereocenters. The first-order valence-electron chi connectivity index (χ1n) is 11.1. The van der Waals surface area contributed by atoms with Gasteiger partial charge in [0.2, 0.25) is 10.0 Å². The van der Waals surface area contributed by atoms with Crippen LogP contribution in [0.15, 0.2) is 53.4 Å². The minimum absolute atomic E-state index is 0.0361. The highest BCUT2D eigenvalue weighted by molar-refractivity contribution is 7.89. The lowest BCUT2D eigenvalue weighted by Crippen LogP contribution is -2.45. The van der Waals surface area contributed by atoms with Crippen molar-refractivity contribution in [2.24, 2.45) is 5.92 Å². The quantitative estimate of drug-likeness (QED) is 0.556. The summed E-state index contributed by atoms with van der Waals surface area (Å²) < 4.78 is 33.3. The number of ether oxygens (including phenoxy) is 1. The van der Waals surface area contributed by atoms with Crippen LogP contribution in [0.1, 0.15) is 36.2 Å². The molecule has 1 aliphatic heterocycles. The van der Waals surface area contributed by atoms with Gasteiger partial charge in [0.1, 0.15) is 6.04 Å². The maximum absolute atomic E-state index is 13.5. The Labute approximate surface area is 205 Å². The predicted octanol–water partition coefficient (Wildman–Crippen LogP) is 3.50. The number of nitrogens with zero attached hydrogens (tertiary/aromatic N) is 2. The lowest BCUT2D eigenvalue weighted by atomic mass is 10.0. The number of benzene rings is 2. The Morgan fingerprint density at radius 3 is 2.18 bits per heavy atom. The summed E-state index contributed by atoms with van der Waals surface area (Å²) in [6.45, 7) is 5.55. The molecule has 184 valence electrons. The summed E-state index contributed by atoms with van der Waals surface area (Å²) in [5.41, 5.74) is 1.06. The number of carbonyl (C=O) groups is 2. The van der Waals surface area contributed by atoms with E-state index in [1.165, 1.54) is 24.3 Å². The van der Waals surface area contributed by atoms with E-state index in [1.807, 2.05) is 13.8 Å². The van der Waals surface area contributed by atoms with E-state index in [9.17, 15) is 23.1 Å². The highest BCUT2D eigenvalue weighted by Crippen LogP contribution is 2.26. The molecular formula is C24H29ClN2O6S. The van der Waals surface area contributed by atoms with Crippen molar-refractivity contribution in [3.8, 4) is 0 Å². The monoisotopic (exact) mass is 508 g/mol. The number of carboxylic acids is 1. The number of amides is 1. The average molecular weight is 509 g/mol. The lowest BCUT2D eigenvalue weighted by molar-refractivity contribution is -0.142. The van der Waals surface area contributed by atoms with Crippen molar-refractivity contribution in [1.82, 2.24) is 9.21 Å². The van der Waals surface area contributed by atoms with Gasteiger partial charge in [0.25, 0.3) is 5.91 Å². The second-order valence-electron chi connectivity index (χ2n) is 8.59. The molecule has 0 radical (unpaired) electrons. The minimum atomic E-state index is -4.14. The third-order valence-corrected chi connectivity index (χ3v) is 7.71. The summed E-state index contributed by atoms with van der Waals surface area (Å²) in [5.74, 6) is -1.38. The van der Waals surface area contributed by atoms with Crippen LogP contribution in [0.25, 0.3) is 0 Å². The molecule has 10 heteroatoms. The fourth-order valence-corrected chi connectivity index (χ4v) is 5.48. The first-order valence-corrected chi connectivity index (χ1v) is 12.9. The summed E-state index contributed by atoms with van der Waals surface area (Å²) in [7, 11) is -4.14. The molecule has 2 aromatic rings. The first-order chi connectivity index (χ1) is 16.1. The lowest BCUT2D eigenvalue weighted by Gasteiger charge is -2.29. The molecule has 1 fully saturated rings. The molecule has 1 aliphatic rings. The molecule has 2 aromatic carbocycles. The minimum Gasteiger partial charge on any atom is -0.480 e. The van der Waals surface area contributed by atoms with E-state index in [2.05, 4.69) is 0 Å².